The molecule has 2 atom stereocenters. The second kappa shape index (κ2) is 7.82. The third kappa shape index (κ3) is 3.48. The van der Waals surface area contributed by atoms with Crippen molar-refractivity contribution in [1.82, 2.24) is 5.32 Å². The summed E-state index contributed by atoms with van der Waals surface area (Å²) >= 11 is 12.7. The van der Waals surface area contributed by atoms with Crippen molar-refractivity contribution in [3.05, 3.63) is 86.2 Å². The zero-order chi connectivity index (χ0) is 21.6. The number of halogens is 2. The summed E-state index contributed by atoms with van der Waals surface area (Å²) in [7, 11) is 0. The van der Waals surface area contributed by atoms with Gasteiger partial charge in [0.2, 0.25) is 0 Å². The molecule has 0 bridgehead atoms. The predicted octanol–water partition coefficient (Wildman–Crippen LogP) is 5.15. The molecule has 2 unspecified atom stereocenters. The zero-order valence-electron chi connectivity index (χ0n) is 16.1. The van der Waals surface area contributed by atoms with E-state index in [2.05, 4.69) is 5.32 Å². The van der Waals surface area contributed by atoms with E-state index in [1.807, 2.05) is 0 Å². The van der Waals surface area contributed by atoms with Crippen LogP contribution in [0.3, 0.4) is 0 Å². The number of Topliss-reactive ketones (excluding diaryl/α,β-unsaturated/α-hetero) is 1. The molecule has 0 fully saturated rings. The number of carboxylic acids is 1. The van der Waals surface area contributed by atoms with E-state index in [-0.39, 0.29) is 29.4 Å². The molecule has 0 aromatic heterocycles. The molecule has 1 aliphatic carbocycles. The molecule has 154 valence electrons. The highest BCUT2D eigenvalue weighted by Gasteiger charge is 2.41. The first-order chi connectivity index (χ1) is 14.3. The van der Waals surface area contributed by atoms with Gasteiger partial charge in [-0.15, -0.1) is 0 Å². The fraction of sp³-hybridized carbons (Fsp3) is 0.217. The molecule has 0 radical (unpaired) electrons. The lowest BCUT2D eigenvalue weighted by molar-refractivity contribution is -0.133. The summed E-state index contributed by atoms with van der Waals surface area (Å²) in [6, 6.07) is 11.6. The summed E-state index contributed by atoms with van der Waals surface area (Å²) in [5, 5.41) is 23.9. The SMILES string of the molecule is CC1=C(C(=O)O)C(c2cccc(O)c2)C2=C(CC(c3c(Cl)cccc3Cl)CC2=O)N1. The van der Waals surface area contributed by atoms with Crippen LogP contribution < -0.4 is 5.32 Å². The first kappa shape index (κ1) is 20.5. The van der Waals surface area contributed by atoms with E-state index in [0.717, 1.165) is 5.56 Å². The van der Waals surface area contributed by atoms with Gasteiger partial charge in [0.25, 0.3) is 0 Å². The third-order valence-corrected chi connectivity index (χ3v) is 6.33. The number of allylic oxidation sites excluding steroid dienone is 3. The monoisotopic (exact) mass is 443 g/mol. The Balaban J connectivity index is 1.84. The minimum atomic E-state index is -1.11. The van der Waals surface area contributed by atoms with Gasteiger partial charge in [0.15, 0.2) is 5.78 Å². The van der Waals surface area contributed by atoms with E-state index >= 15 is 0 Å². The number of hydrogen-bond donors (Lipinski definition) is 3. The van der Waals surface area contributed by atoms with E-state index in [9.17, 15) is 19.8 Å². The average molecular weight is 444 g/mol. The van der Waals surface area contributed by atoms with Crippen molar-refractivity contribution < 1.29 is 19.8 Å². The molecule has 7 heteroatoms. The number of phenolic OH excluding ortho intramolecular Hbond substituents is 1. The summed E-state index contributed by atoms with van der Waals surface area (Å²) in [4.78, 5) is 25.4. The Kier molecular flexibility index (Phi) is 5.35. The highest BCUT2D eigenvalue weighted by Crippen LogP contribution is 2.47. The highest BCUT2D eigenvalue weighted by molar-refractivity contribution is 6.36. The van der Waals surface area contributed by atoms with Crippen LogP contribution in [0.15, 0.2) is 65.0 Å². The van der Waals surface area contributed by atoms with Crippen LogP contribution in [-0.2, 0) is 9.59 Å². The Labute approximate surface area is 183 Å². The summed E-state index contributed by atoms with van der Waals surface area (Å²) in [5.41, 5.74) is 2.94. The van der Waals surface area contributed by atoms with E-state index in [1.54, 1.807) is 37.3 Å². The Morgan fingerprint density at radius 3 is 2.40 bits per heavy atom. The highest BCUT2D eigenvalue weighted by atomic mass is 35.5. The number of carbonyl (C=O) groups excluding carboxylic acids is 1. The lowest BCUT2D eigenvalue weighted by atomic mass is 9.71. The summed E-state index contributed by atoms with van der Waals surface area (Å²) < 4.78 is 0. The molecule has 3 N–H and O–H groups in total. The average Bonchev–Trinajstić information content (AvgIpc) is 2.66. The predicted molar refractivity (Wildman–Crippen MR) is 115 cm³/mol. The number of carbonyl (C=O) groups is 2. The van der Waals surface area contributed by atoms with Gasteiger partial charge in [-0.25, -0.2) is 4.79 Å². The standard InChI is InChI=1S/C23H19Cl2NO4/c1-11-19(23(29)30)21(12-4-2-5-14(27)8-12)22-17(26-11)9-13(10-18(22)28)20-15(24)6-3-7-16(20)25/h2-8,13,21,26-27H,9-10H2,1H3,(H,29,30). The lowest BCUT2D eigenvalue weighted by Gasteiger charge is -2.36. The molecular weight excluding hydrogens is 425 g/mol. The Bertz CT molecular complexity index is 1120. The summed E-state index contributed by atoms with van der Waals surface area (Å²) in [6.07, 6.45) is 0.648. The van der Waals surface area contributed by atoms with E-state index < -0.39 is 11.9 Å². The van der Waals surface area contributed by atoms with Crippen molar-refractivity contribution in [1.29, 1.82) is 0 Å². The molecule has 5 nitrogen and oxygen atoms in total. The van der Waals surface area contributed by atoms with Gasteiger partial charge in [0.05, 0.1) is 5.57 Å². The molecule has 0 saturated heterocycles. The molecule has 1 heterocycles. The number of rotatable bonds is 3. The normalized spacial score (nSPS) is 21.4. The number of phenols is 1. The van der Waals surface area contributed by atoms with Crippen molar-refractivity contribution in [3.8, 4) is 5.75 Å². The Morgan fingerprint density at radius 1 is 1.10 bits per heavy atom. The third-order valence-electron chi connectivity index (χ3n) is 5.67. The molecule has 4 rings (SSSR count). The summed E-state index contributed by atoms with van der Waals surface area (Å²) in [5.74, 6) is -2.23. The second-order valence-corrected chi connectivity index (χ2v) is 8.37. The molecule has 0 amide bonds. The maximum atomic E-state index is 13.3. The molecule has 1 aliphatic heterocycles. The fourth-order valence-corrected chi connectivity index (χ4v) is 5.17. The molecular formula is C23H19Cl2NO4. The fourth-order valence-electron chi connectivity index (χ4n) is 4.47. The Morgan fingerprint density at radius 2 is 1.77 bits per heavy atom. The minimum absolute atomic E-state index is 0.0135. The quantitative estimate of drug-likeness (QED) is 0.610. The van der Waals surface area contributed by atoms with Crippen LogP contribution in [0.1, 0.15) is 42.7 Å². The van der Waals surface area contributed by atoms with Crippen molar-refractivity contribution in [2.24, 2.45) is 0 Å². The van der Waals surface area contributed by atoms with Crippen molar-refractivity contribution in [2.45, 2.75) is 31.6 Å². The van der Waals surface area contributed by atoms with Crippen molar-refractivity contribution in [2.75, 3.05) is 0 Å². The van der Waals surface area contributed by atoms with Gasteiger partial charge in [0, 0.05) is 39.4 Å². The zero-order valence-corrected chi connectivity index (χ0v) is 17.6. The van der Waals surface area contributed by atoms with Crippen molar-refractivity contribution >= 4 is 35.0 Å². The van der Waals surface area contributed by atoms with Gasteiger partial charge in [-0.3, -0.25) is 4.79 Å². The largest absolute Gasteiger partial charge is 0.508 e. The first-order valence-electron chi connectivity index (χ1n) is 9.48. The first-order valence-corrected chi connectivity index (χ1v) is 10.2. The topological polar surface area (TPSA) is 86.6 Å². The maximum absolute atomic E-state index is 13.3. The Hall–Kier alpha value is -2.76. The molecule has 2 aromatic carbocycles. The molecule has 2 aromatic rings. The van der Waals surface area contributed by atoms with Gasteiger partial charge in [-0.05, 0) is 54.7 Å². The molecule has 30 heavy (non-hydrogen) atoms. The number of hydrogen-bond acceptors (Lipinski definition) is 4. The van der Waals surface area contributed by atoms with Crippen LogP contribution in [-0.4, -0.2) is 22.0 Å². The molecule has 0 saturated carbocycles. The van der Waals surface area contributed by atoms with E-state index in [0.29, 0.717) is 39.0 Å². The number of ketones is 1. The van der Waals surface area contributed by atoms with Crippen molar-refractivity contribution in [3.63, 3.8) is 0 Å². The van der Waals surface area contributed by atoms with Crippen LogP contribution in [0.4, 0.5) is 0 Å². The lowest BCUT2D eigenvalue weighted by Crippen LogP contribution is -2.35. The second-order valence-electron chi connectivity index (χ2n) is 7.55. The molecule has 2 aliphatic rings. The van der Waals surface area contributed by atoms with Crippen LogP contribution in [0, 0.1) is 0 Å². The van der Waals surface area contributed by atoms with Gasteiger partial charge in [-0.2, -0.15) is 0 Å². The van der Waals surface area contributed by atoms with Crippen LogP contribution in [0.2, 0.25) is 10.0 Å². The van der Waals surface area contributed by atoms with Gasteiger partial charge in [-0.1, -0.05) is 41.4 Å². The minimum Gasteiger partial charge on any atom is -0.508 e. The van der Waals surface area contributed by atoms with E-state index in [4.69, 9.17) is 23.2 Å². The van der Waals surface area contributed by atoms with Crippen LogP contribution in [0.25, 0.3) is 0 Å². The number of benzene rings is 2. The maximum Gasteiger partial charge on any atom is 0.334 e. The number of nitrogens with one attached hydrogen (secondary N) is 1. The van der Waals surface area contributed by atoms with Gasteiger partial charge in [0.1, 0.15) is 5.75 Å². The molecule has 0 spiro atoms. The smallest absolute Gasteiger partial charge is 0.334 e. The number of aliphatic carboxylic acids is 1. The van der Waals surface area contributed by atoms with Gasteiger partial charge >= 0.3 is 5.97 Å². The number of carboxylic acid groups (broad SMARTS) is 1. The van der Waals surface area contributed by atoms with Crippen LogP contribution in [0.5, 0.6) is 5.75 Å². The van der Waals surface area contributed by atoms with E-state index in [1.165, 1.54) is 12.1 Å². The van der Waals surface area contributed by atoms with Gasteiger partial charge < -0.3 is 15.5 Å². The number of dihydropyridines is 1. The number of aromatic hydroxyl groups is 1. The van der Waals surface area contributed by atoms with Crippen LogP contribution >= 0.6 is 23.2 Å². The summed E-state index contributed by atoms with van der Waals surface area (Å²) in [6.45, 7) is 1.68.